The van der Waals surface area contributed by atoms with Gasteiger partial charge in [-0.05, 0) is 24.6 Å². The highest BCUT2D eigenvalue weighted by Gasteiger charge is 2.48. The molecule has 7 heteroatoms. The fraction of sp³-hybridized carbons (Fsp3) is 0.364. The van der Waals surface area contributed by atoms with Gasteiger partial charge in [0.1, 0.15) is 17.6 Å². The number of hydrogen-bond acceptors (Lipinski definition) is 3. The number of amides is 1. The number of alkyl carbamates (subject to hydrolysis) is 1. The fourth-order valence-corrected chi connectivity index (χ4v) is 1.80. The topological polar surface area (TPSA) is 58.6 Å². The van der Waals surface area contributed by atoms with Crippen LogP contribution < -0.4 is 5.32 Å². The predicted molar refractivity (Wildman–Crippen MR) is 55.0 cm³/mol. The molecule has 0 aromatic heterocycles. The molecule has 0 aliphatic carbocycles. The Morgan fingerprint density at radius 2 is 2.17 bits per heavy atom. The Morgan fingerprint density at radius 1 is 1.50 bits per heavy atom. The summed E-state index contributed by atoms with van der Waals surface area (Å²) < 4.78 is 44.6. The minimum atomic E-state index is -3.42. The third-order valence-corrected chi connectivity index (χ3v) is 2.69. The van der Waals surface area contributed by atoms with Crippen LogP contribution in [0.1, 0.15) is 17.2 Å². The summed E-state index contributed by atoms with van der Waals surface area (Å²) in [6, 6.07) is -0.0295. The largest absolute Gasteiger partial charge is 0.507 e. The van der Waals surface area contributed by atoms with Crippen molar-refractivity contribution in [2.75, 3.05) is 6.61 Å². The Hall–Kier alpha value is -1.92. The van der Waals surface area contributed by atoms with Crippen molar-refractivity contribution in [1.29, 1.82) is 0 Å². The second kappa shape index (κ2) is 4.08. The molecule has 1 heterocycles. The maximum absolute atomic E-state index is 13.6. The van der Waals surface area contributed by atoms with E-state index in [2.05, 4.69) is 4.74 Å². The fourth-order valence-electron chi connectivity index (χ4n) is 1.80. The van der Waals surface area contributed by atoms with Crippen molar-refractivity contribution in [1.82, 2.24) is 5.32 Å². The average molecular weight is 261 g/mol. The number of nitrogens with one attached hydrogen (secondary N) is 1. The number of halogens is 3. The van der Waals surface area contributed by atoms with E-state index in [1.54, 1.807) is 0 Å². The first-order valence-electron chi connectivity index (χ1n) is 5.11. The van der Waals surface area contributed by atoms with Crippen LogP contribution >= 0.6 is 0 Å². The second-order valence-corrected chi connectivity index (χ2v) is 4.08. The highest BCUT2D eigenvalue weighted by atomic mass is 19.3. The normalized spacial score (nSPS) is 22.2. The zero-order chi connectivity index (χ0) is 13.5. The molecule has 1 atom stereocenters. The molecular formula is C11H10F3NO3. The van der Waals surface area contributed by atoms with Gasteiger partial charge in [-0.15, -0.1) is 0 Å². The number of hydrogen-bond donors (Lipinski definition) is 2. The van der Waals surface area contributed by atoms with Crippen LogP contribution in [0.3, 0.4) is 0 Å². The molecule has 1 saturated heterocycles. The zero-order valence-electron chi connectivity index (χ0n) is 9.34. The summed E-state index contributed by atoms with van der Waals surface area (Å²) in [5.41, 5.74) is -0.254. The maximum atomic E-state index is 13.6. The third kappa shape index (κ3) is 2.07. The van der Waals surface area contributed by atoms with Crippen molar-refractivity contribution < 1.29 is 27.8 Å². The van der Waals surface area contributed by atoms with Crippen molar-refractivity contribution in [2.24, 2.45) is 0 Å². The van der Waals surface area contributed by atoms with Crippen LogP contribution in [-0.2, 0) is 4.74 Å². The summed E-state index contributed by atoms with van der Waals surface area (Å²) in [5, 5.41) is 11.6. The van der Waals surface area contributed by atoms with Crippen molar-refractivity contribution in [2.45, 2.75) is 18.9 Å². The lowest BCUT2D eigenvalue weighted by atomic mass is 9.97. The molecular weight excluding hydrogens is 251 g/mol. The lowest BCUT2D eigenvalue weighted by Crippen LogP contribution is -2.49. The van der Waals surface area contributed by atoms with Crippen LogP contribution in [-0.4, -0.2) is 23.7 Å². The highest BCUT2D eigenvalue weighted by Crippen LogP contribution is 2.39. The quantitative estimate of drug-likeness (QED) is 0.815. The van der Waals surface area contributed by atoms with Crippen LogP contribution in [0.15, 0.2) is 12.1 Å². The molecule has 1 fully saturated rings. The van der Waals surface area contributed by atoms with Gasteiger partial charge < -0.3 is 15.2 Å². The van der Waals surface area contributed by atoms with Gasteiger partial charge in [0.05, 0.1) is 0 Å². The van der Waals surface area contributed by atoms with Crippen molar-refractivity contribution in [3.63, 3.8) is 0 Å². The SMILES string of the molecule is Cc1cc(F)cc([C@@H]2NC(=O)OCC2(F)F)c1O. The van der Waals surface area contributed by atoms with Crippen LogP contribution in [0.2, 0.25) is 0 Å². The first-order valence-corrected chi connectivity index (χ1v) is 5.11. The number of rotatable bonds is 1. The molecule has 1 aromatic carbocycles. The van der Waals surface area contributed by atoms with E-state index in [9.17, 15) is 23.1 Å². The molecule has 1 aliphatic heterocycles. The molecule has 0 bridgehead atoms. The van der Waals surface area contributed by atoms with Crippen LogP contribution in [0.4, 0.5) is 18.0 Å². The summed E-state index contributed by atoms with van der Waals surface area (Å²) in [6.07, 6.45) is -1.03. The third-order valence-electron chi connectivity index (χ3n) is 2.69. The number of aromatic hydroxyl groups is 1. The maximum Gasteiger partial charge on any atom is 0.408 e. The molecule has 4 nitrogen and oxygen atoms in total. The first-order chi connectivity index (χ1) is 8.31. The summed E-state index contributed by atoms with van der Waals surface area (Å²) in [5.74, 6) is -4.66. The van der Waals surface area contributed by atoms with Crippen LogP contribution in [0.5, 0.6) is 5.75 Å². The van der Waals surface area contributed by atoms with E-state index in [0.29, 0.717) is 0 Å². The Balaban J connectivity index is 2.49. The van der Waals surface area contributed by atoms with Gasteiger partial charge in [-0.3, -0.25) is 0 Å². The molecule has 0 saturated carbocycles. The summed E-state index contributed by atoms with van der Waals surface area (Å²) in [6.45, 7) is 0.264. The molecule has 0 radical (unpaired) electrons. The van der Waals surface area contributed by atoms with Gasteiger partial charge in [0.25, 0.3) is 0 Å². The molecule has 1 amide bonds. The van der Waals surface area contributed by atoms with Gasteiger partial charge >= 0.3 is 12.0 Å². The summed E-state index contributed by atoms with van der Waals surface area (Å²) in [4.78, 5) is 11.0. The van der Waals surface area contributed by atoms with Crippen LogP contribution in [0.25, 0.3) is 0 Å². The van der Waals surface area contributed by atoms with Gasteiger partial charge in [-0.2, -0.15) is 0 Å². The van der Waals surface area contributed by atoms with E-state index in [1.165, 1.54) is 6.92 Å². The van der Waals surface area contributed by atoms with E-state index < -0.39 is 36.2 Å². The van der Waals surface area contributed by atoms with Gasteiger partial charge in [0.15, 0.2) is 6.61 Å². The van der Waals surface area contributed by atoms with Crippen molar-refractivity contribution >= 4 is 6.09 Å². The number of carbonyl (C=O) groups excluding carboxylic acids is 1. The second-order valence-electron chi connectivity index (χ2n) is 4.08. The first kappa shape index (κ1) is 12.5. The Kier molecular flexibility index (Phi) is 2.84. The van der Waals surface area contributed by atoms with E-state index in [4.69, 9.17) is 0 Å². The number of cyclic esters (lactones) is 1. The van der Waals surface area contributed by atoms with Gasteiger partial charge in [-0.25, -0.2) is 18.0 Å². The van der Waals surface area contributed by atoms with E-state index >= 15 is 0 Å². The molecule has 1 aromatic rings. The Bertz CT molecular complexity index is 505. The van der Waals surface area contributed by atoms with Crippen LogP contribution in [0, 0.1) is 12.7 Å². The number of alkyl halides is 2. The minimum absolute atomic E-state index is 0.113. The molecule has 18 heavy (non-hydrogen) atoms. The summed E-state index contributed by atoms with van der Waals surface area (Å²) in [7, 11) is 0. The number of phenols is 1. The Labute approximate surface area is 100 Å². The predicted octanol–water partition coefficient (Wildman–Crippen LogP) is 2.26. The lowest BCUT2D eigenvalue weighted by molar-refractivity contribution is -0.104. The number of benzene rings is 1. The molecule has 0 unspecified atom stereocenters. The number of carbonyl (C=O) groups is 1. The standard InChI is InChI=1S/C11H10F3NO3/c1-5-2-6(12)3-7(8(5)16)9-11(13,14)4-18-10(17)15-9/h2-3,9,16H,4H2,1H3,(H,15,17)/t9-/m0/s1. The molecule has 1 aliphatic rings. The molecule has 2 N–H and O–H groups in total. The molecule has 2 rings (SSSR count). The Morgan fingerprint density at radius 3 is 2.83 bits per heavy atom. The lowest BCUT2D eigenvalue weighted by Gasteiger charge is -2.32. The molecule has 0 spiro atoms. The van der Waals surface area contributed by atoms with Gasteiger partial charge in [-0.1, -0.05) is 0 Å². The number of aryl methyl sites for hydroxylation is 1. The average Bonchev–Trinajstić information content (AvgIpc) is 2.27. The number of phenolic OH excluding ortho intramolecular Hbond substituents is 1. The minimum Gasteiger partial charge on any atom is -0.507 e. The highest BCUT2D eigenvalue weighted by molar-refractivity contribution is 5.69. The van der Waals surface area contributed by atoms with Gasteiger partial charge in [0, 0.05) is 5.56 Å². The molecule has 98 valence electrons. The van der Waals surface area contributed by atoms with Crippen molar-refractivity contribution in [3.05, 3.63) is 29.1 Å². The van der Waals surface area contributed by atoms with E-state index in [-0.39, 0.29) is 11.1 Å². The zero-order valence-corrected chi connectivity index (χ0v) is 9.34. The smallest absolute Gasteiger partial charge is 0.408 e. The number of ether oxygens (including phenoxy) is 1. The van der Waals surface area contributed by atoms with E-state index in [1.807, 2.05) is 5.32 Å². The monoisotopic (exact) mass is 261 g/mol. The van der Waals surface area contributed by atoms with Gasteiger partial charge in [0.2, 0.25) is 0 Å². The summed E-state index contributed by atoms with van der Waals surface area (Å²) >= 11 is 0. The van der Waals surface area contributed by atoms with Crippen molar-refractivity contribution in [3.8, 4) is 5.75 Å². The van der Waals surface area contributed by atoms with E-state index in [0.717, 1.165) is 12.1 Å².